The number of hydrogen-bond acceptors (Lipinski definition) is 2. The molecule has 0 unspecified atom stereocenters. The van der Waals surface area contributed by atoms with Crippen molar-refractivity contribution < 1.29 is 0 Å². The van der Waals surface area contributed by atoms with Gasteiger partial charge in [0.25, 0.3) is 0 Å². The first-order valence-corrected chi connectivity index (χ1v) is 5.38. The summed E-state index contributed by atoms with van der Waals surface area (Å²) in [5.41, 5.74) is 2.34. The molecule has 0 aliphatic rings. The number of aryl methyl sites for hydroxylation is 2. The summed E-state index contributed by atoms with van der Waals surface area (Å²) in [7, 11) is 0. The summed E-state index contributed by atoms with van der Waals surface area (Å²) >= 11 is 7.29. The number of rotatable bonds is 3. The Balaban J connectivity index is 2.72. The van der Waals surface area contributed by atoms with Crippen LogP contribution in [0.5, 0.6) is 0 Å². The summed E-state index contributed by atoms with van der Waals surface area (Å²) in [5.74, 6) is 1.61. The van der Waals surface area contributed by atoms with E-state index in [0.29, 0.717) is 5.88 Å². The van der Waals surface area contributed by atoms with Gasteiger partial charge in [-0.3, -0.25) is 0 Å². The number of nitrogens with zero attached hydrogens (tertiary/aromatic N) is 1. The van der Waals surface area contributed by atoms with Crippen LogP contribution >= 0.6 is 23.4 Å². The summed E-state index contributed by atoms with van der Waals surface area (Å²) in [6.45, 7) is 4.09. The van der Waals surface area contributed by atoms with Crippen LogP contribution in [0.15, 0.2) is 17.2 Å². The average Bonchev–Trinajstić information content (AvgIpc) is 1.99. The molecule has 0 aliphatic carbocycles. The first-order valence-electron chi connectivity index (χ1n) is 3.86. The zero-order valence-electron chi connectivity index (χ0n) is 7.30. The van der Waals surface area contributed by atoms with Crippen molar-refractivity contribution in [2.24, 2.45) is 0 Å². The SMILES string of the molecule is Cc1cc(C)nc(SCCCl)c1. The summed E-state index contributed by atoms with van der Waals surface area (Å²) in [6, 6.07) is 4.16. The van der Waals surface area contributed by atoms with Crippen molar-refractivity contribution >= 4 is 23.4 Å². The van der Waals surface area contributed by atoms with Crippen LogP contribution in [0.25, 0.3) is 0 Å². The minimum Gasteiger partial charge on any atom is -0.247 e. The maximum Gasteiger partial charge on any atom is 0.0966 e. The molecule has 1 aromatic heterocycles. The molecule has 1 rings (SSSR count). The fraction of sp³-hybridized carbons (Fsp3) is 0.444. The Kier molecular flexibility index (Phi) is 3.89. The van der Waals surface area contributed by atoms with Crippen molar-refractivity contribution in [3.05, 3.63) is 23.4 Å². The van der Waals surface area contributed by atoms with Gasteiger partial charge in [0.1, 0.15) is 0 Å². The zero-order valence-corrected chi connectivity index (χ0v) is 8.87. The number of halogens is 1. The normalized spacial score (nSPS) is 10.2. The lowest BCUT2D eigenvalue weighted by Gasteiger charge is -2.01. The Bertz CT molecular complexity index is 242. The molecule has 0 aromatic carbocycles. The van der Waals surface area contributed by atoms with Crippen LogP contribution in [-0.4, -0.2) is 16.6 Å². The van der Waals surface area contributed by atoms with E-state index in [2.05, 4.69) is 24.0 Å². The second-order valence-corrected chi connectivity index (χ2v) is 4.15. The number of hydrogen-bond donors (Lipinski definition) is 0. The fourth-order valence-corrected chi connectivity index (χ4v) is 2.02. The number of thioether (sulfide) groups is 1. The van der Waals surface area contributed by atoms with E-state index in [1.54, 1.807) is 11.8 Å². The summed E-state index contributed by atoms with van der Waals surface area (Å²) in [5, 5.41) is 1.08. The van der Waals surface area contributed by atoms with Gasteiger partial charge in [0.2, 0.25) is 0 Å². The van der Waals surface area contributed by atoms with Gasteiger partial charge in [-0.05, 0) is 31.5 Å². The van der Waals surface area contributed by atoms with Gasteiger partial charge in [-0.1, -0.05) is 0 Å². The molecular formula is C9H12ClNS. The van der Waals surface area contributed by atoms with Gasteiger partial charge in [-0.2, -0.15) is 0 Å². The molecule has 0 aliphatic heterocycles. The first kappa shape index (κ1) is 9.87. The fourth-order valence-electron chi connectivity index (χ4n) is 1.02. The van der Waals surface area contributed by atoms with Gasteiger partial charge in [0, 0.05) is 17.3 Å². The highest BCUT2D eigenvalue weighted by molar-refractivity contribution is 7.99. The predicted molar refractivity (Wildman–Crippen MR) is 55.2 cm³/mol. The molecule has 0 atom stereocenters. The van der Waals surface area contributed by atoms with Crippen molar-refractivity contribution in [1.82, 2.24) is 4.98 Å². The van der Waals surface area contributed by atoms with Crippen molar-refractivity contribution in [1.29, 1.82) is 0 Å². The van der Waals surface area contributed by atoms with Crippen molar-refractivity contribution in [2.75, 3.05) is 11.6 Å². The summed E-state index contributed by atoms with van der Waals surface area (Å²) in [6.07, 6.45) is 0. The molecule has 0 radical (unpaired) electrons. The number of alkyl halides is 1. The minimum atomic E-state index is 0.680. The smallest absolute Gasteiger partial charge is 0.0966 e. The molecule has 12 heavy (non-hydrogen) atoms. The van der Waals surface area contributed by atoms with E-state index in [9.17, 15) is 0 Å². The Morgan fingerprint density at radius 2 is 2.17 bits per heavy atom. The maximum atomic E-state index is 5.58. The van der Waals surface area contributed by atoms with Crippen molar-refractivity contribution in [3.8, 4) is 0 Å². The summed E-state index contributed by atoms with van der Waals surface area (Å²) in [4.78, 5) is 4.38. The monoisotopic (exact) mass is 201 g/mol. The molecule has 0 saturated heterocycles. The molecule has 1 nitrogen and oxygen atoms in total. The van der Waals surface area contributed by atoms with Crippen LogP contribution in [0.1, 0.15) is 11.3 Å². The Labute approximate surface area is 82.5 Å². The molecule has 0 spiro atoms. The van der Waals surface area contributed by atoms with E-state index in [4.69, 9.17) is 11.6 Å². The standard InChI is InChI=1S/C9H12ClNS/c1-7-5-8(2)11-9(6-7)12-4-3-10/h5-6H,3-4H2,1-2H3. The van der Waals surface area contributed by atoms with Gasteiger partial charge in [-0.15, -0.1) is 23.4 Å². The lowest BCUT2D eigenvalue weighted by Crippen LogP contribution is -1.88. The second-order valence-electron chi connectivity index (χ2n) is 2.66. The van der Waals surface area contributed by atoms with E-state index >= 15 is 0 Å². The third-order valence-electron chi connectivity index (χ3n) is 1.40. The van der Waals surface area contributed by atoms with Crippen molar-refractivity contribution in [3.63, 3.8) is 0 Å². The Morgan fingerprint density at radius 3 is 2.75 bits per heavy atom. The average molecular weight is 202 g/mol. The molecule has 1 heterocycles. The van der Waals surface area contributed by atoms with Crippen LogP contribution < -0.4 is 0 Å². The van der Waals surface area contributed by atoms with E-state index in [0.717, 1.165) is 16.5 Å². The first-order chi connectivity index (χ1) is 5.72. The van der Waals surface area contributed by atoms with Crippen molar-refractivity contribution in [2.45, 2.75) is 18.9 Å². The third-order valence-corrected chi connectivity index (χ3v) is 2.73. The van der Waals surface area contributed by atoms with Gasteiger partial charge in [-0.25, -0.2) is 4.98 Å². The van der Waals surface area contributed by atoms with Crippen LogP contribution in [0.2, 0.25) is 0 Å². The molecule has 3 heteroatoms. The van der Waals surface area contributed by atoms with E-state index in [-0.39, 0.29) is 0 Å². The Hall–Kier alpha value is -0.210. The highest BCUT2D eigenvalue weighted by Crippen LogP contribution is 2.17. The number of aromatic nitrogens is 1. The van der Waals surface area contributed by atoms with Crippen LogP contribution in [0.4, 0.5) is 0 Å². The van der Waals surface area contributed by atoms with Gasteiger partial charge in [0.05, 0.1) is 5.03 Å². The summed E-state index contributed by atoms with van der Waals surface area (Å²) < 4.78 is 0. The highest BCUT2D eigenvalue weighted by Gasteiger charge is 1.97. The lowest BCUT2D eigenvalue weighted by molar-refractivity contribution is 1.05. The largest absolute Gasteiger partial charge is 0.247 e. The van der Waals surface area contributed by atoms with Crippen LogP contribution in [0.3, 0.4) is 0 Å². The molecule has 0 saturated carbocycles. The van der Waals surface area contributed by atoms with Crippen LogP contribution in [-0.2, 0) is 0 Å². The van der Waals surface area contributed by atoms with Crippen LogP contribution in [0, 0.1) is 13.8 Å². The van der Waals surface area contributed by atoms with Gasteiger partial charge < -0.3 is 0 Å². The minimum absolute atomic E-state index is 0.680. The highest BCUT2D eigenvalue weighted by atomic mass is 35.5. The predicted octanol–water partition coefficient (Wildman–Crippen LogP) is 3.03. The molecule has 0 fully saturated rings. The maximum absolute atomic E-state index is 5.58. The molecule has 0 amide bonds. The van der Waals surface area contributed by atoms with Gasteiger partial charge >= 0.3 is 0 Å². The zero-order chi connectivity index (χ0) is 8.97. The van der Waals surface area contributed by atoms with E-state index < -0.39 is 0 Å². The lowest BCUT2D eigenvalue weighted by atomic mass is 10.3. The number of pyridine rings is 1. The van der Waals surface area contributed by atoms with E-state index in [1.807, 2.05) is 6.92 Å². The third kappa shape index (κ3) is 3.03. The molecular weight excluding hydrogens is 190 g/mol. The molecule has 0 N–H and O–H groups in total. The quantitative estimate of drug-likeness (QED) is 0.551. The van der Waals surface area contributed by atoms with Gasteiger partial charge in [0.15, 0.2) is 0 Å². The molecule has 1 aromatic rings. The topological polar surface area (TPSA) is 12.9 Å². The second kappa shape index (κ2) is 4.73. The van der Waals surface area contributed by atoms with E-state index in [1.165, 1.54) is 5.56 Å². The molecule has 0 bridgehead atoms. The Morgan fingerprint density at radius 1 is 1.42 bits per heavy atom. The molecule has 66 valence electrons.